The third-order valence-electron chi connectivity index (χ3n) is 4.57. The minimum atomic E-state index is -0.473. The van der Waals surface area contributed by atoms with E-state index in [0.717, 1.165) is 19.4 Å². The lowest BCUT2D eigenvalue weighted by Gasteiger charge is -2.36. The fourth-order valence-corrected chi connectivity index (χ4v) is 3.28. The number of anilines is 1. The van der Waals surface area contributed by atoms with Crippen LogP contribution in [0.15, 0.2) is 18.3 Å². The second-order valence-electron chi connectivity index (χ2n) is 6.10. The van der Waals surface area contributed by atoms with Crippen molar-refractivity contribution in [3.05, 3.63) is 23.9 Å². The molecule has 140 valence electrons. The van der Waals surface area contributed by atoms with Crippen LogP contribution in [0.1, 0.15) is 29.6 Å². The summed E-state index contributed by atoms with van der Waals surface area (Å²) in [4.78, 5) is 32.1. The lowest BCUT2D eigenvalue weighted by Crippen LogP contribution is -2.50. The van der Waals surface area contributed by atoms with Crippen molar-refractivity contribution >= 4 is 42.4 Å². The molecular formula is C16H25Cl2N5O2. The number of aromatic nitrogens is 1. The zero-order chi connectivity index (χ0) is 16.2. The van der Waals surface area contributed by atoms with E-state index in [1.54, 1.807) is 18.3 Å². The van der Waals surface area contributed by atoms with Gasteiger partial charge >= 0.3 is 0 Å². The summed E-state index contributed by atoms with van der Waals surface area (Å²) in [5, 5.41) is 3.36. The first-order chi connectivity index (χ1) is 11.1. The number of pyridine rings is 1. The molecule has 3 N–H and O–H groups in total. The Hall–Kier alpha value is -1.57. The molecule has 3 rings (SSSR count). The maximum absolute atomic E-state index is 12.4. The van der Waals surface area contributed by atoms with Crippen molar-refractivity contribution < 1.29 is 9.59 Å². The third kappa shape index (κ3) is 5.20. The molecule has 1 aromatic heterocycles. The first-order valence-electron chi connectivity index (χ1n) is 8.16. The highest BCUT2D eigenvalue weighted by atomic mass is 35.5. The van der Waals surface area contributed by atoms with Crippen LogP contribution in [-0.4, -0.2) is 60.5 Å². The van der Waals surface area contributed by atoms with Crippen LogP contribution in [0, 0.1) is 0 Å². The number of halogens is 2. The van der Waals surface area contributed by atoms with Gasteiger partial charge in [0.25, 0.3) is 5.91 Å². The Morgan fingerprint density at radius 1 is 1.24 bits per heavy atom. The van der Waals surface area contributed by atoms with Crippen LogP contribution in [0.2, 0.25) is 0 Å². The molecule has 2 aliphatic rings. The Balaban J connectivity index is 0.00000156. The predicted molar refractivity (Wildman–Crippen MR) is 102 cm³/mol. The van der Waals surface area contributed by atoms with E-state index in [9.17, 15) is 9.59 Å². The average molecular weight is 390 g/mol. The quantitative estimate of drug-likeness (QED) is 0.794. The number of piperazine rings is 1. The molecule has 0 aromatic carbocycles. The second kappa shape index (κ2) is 9.79. The highest BCUT2D eigenvalue weighted by Crippen LogP contribution is 2.19. The number of nitrogens with zero attached hydrogens (tertiary/aromatic N) is 3. The fourth-order valence-electron chi connectivity index (χ4n) is 3.28. The number of carbonyl (C=O) groups is 2. The molecule has 0 aliphatic carbocycles. The molecule has 0 spiro atoms. The number of primary amides is 1. The molecule has 1 unspecified atom stereocenters. The van der Waals surface area contributed by atoms with Gasteiger partial charge in [0.1, 0.15) is 5.82 Å². The van der Waals surface area contributed by atoms with Crippen molar-refractivity contribution in [3.63, 3.8) is 0 Å². The largest absolute Gasteiger partial charge is 0.365 e. The maximum Gasteiger partial charge on any atom is 0.252 e. The van der Waals surface area contributed by atoms with Crippen molar-refractivity contribution in [2.75, 3.05) is 37.6 Å². The summed E-state index contributed by atoms with van der Waals surface area (Å²) >= 11 is 0. The predicted octanol–water partition coefficient (Wildman–Crippen LogP) is 0.815. The van der Waals surface area contributed by atoms with Crippen molar-refractivity contribution in [3.8, 4) is 0 Å². The molecule has 0 saturated carbocycles. The summed E-state index contributed by atoms with van der Waals surface area (Å²) in [5.74, 6) is 0.351. The Kier molecular flexibility index (Phi) is 8.41. The third-order valence-corrected chi connectivity index (χ3v) is 4.57. The first-order valence-corrected chi connectivity index (χ1v) is 8.16. The standard InChI is InChI=1S/C16H23N5O2.2ClH/c17-15(23)13-4-2-6-19-16(13)21-9-7-20(8-10-21)14(22)11-12-3-1-5-18-12;;/h2,4,6,12,18H,1,3,5,7-11H2,(H2,17,23);2*1H. The van der Waals surface area contributed by atoms with Crippen LogP contribution in [0.25, 0.3) is 0 Å². The highest BCUT2D eigenvalue weighted by molar-refractivity contribution is 5.97. The molecular weight excluding hydrogens is 365 g/mol. The van der Waals surface area contributed by atoms with Gasteiger partial charge in [0, 0.05) is 44.8 Å². The summed E-state index contributed by atoms with van der Waals surface area (Å²) in [5.41, 5.74) is 5.84. The van der Waals surface area contributed by atoms with Gasteiger partial charge in [-0.2, -0.15) is 0 Å². The number of rotatable bonds is 4. The van der Waals surface area contributed by atoms with E-state index < -0.39 is 5.91 Å². The van der Waals surface area contributed by atoms with Gasteiger partial charge in [-0.25, -0.2) is 4.98 Å². The lowest BCUT2D eigenvalue weighted by molar-refractivity contribution is -0.131. The lowest BCUT2D eigenvalue weighted by atomic mass is 10.1. The van der Waals surface area contributed by atoms with Crippen LogP contribution in [0.4, 0.5) is 5.82 Å². The molecule has 7 nitrogen and oxygen atoms in total. The zero-order valence-corrected chi connectivity index (χ0v) is 15.7. The molecule has 0 bridgehead atoms. The second-order valence-corrected chi connectivity index (χ2v) is 6.10. The molecule has 0 radical (unpaired) electrons. The summed E-state index contributed by atoms with van der Waals surface area (Å²) in [6, 6.07) is 3.73. The molecule has 2 amide bonds. The molecule has 25 heavy (non-hydrogen) atoms. The van der Waals surface area contributed by atoms with E-state index in [4.69, 9.17) is 5.73 Å². The molecule has 2 fully saturated rings. The normalized spacial score (nSPS) is 19.8. The van der Waals surface area contributed by atoms with Crippen molar-refractivity contribution in [1.29, 1.82) is 0 Å². The molecule has 2 saturated heterocycles. The fraction of sp³-hybridized carbons (Fsp3) is 0.562. The smallest absolute Gasteiger partial charge is 0.252 e. The van der Waals surface area contributed by atoms with Crippen LogP contribution < -0.4 is 16.0 Å². The van der Waals surface area contributed by atoms with Gasteiger partial charge in [-0.3, -0.25) is 9.59 Å². The van der Waals surface area contributed by atoms with Crippen LogP contribution in [0.5, 0.6) is 0 Å². The zero-order valence-electron chi connectivity index (χ0n) is 14.0. The van der Waals surface area contributed by atoms with Gasteiger partial charge in [0.2, 0.25) is 5.91 Å². The van der Waals surface area contributed by atoms with Gasteiger partial charge < -0.3 is 20.9 Å². The number of hydrogen-bond acceptors (Lipinski definition) is 5. The van der Waals surface area contributed by atoms with Gasteiger partial charge in [0.15, 0.2) is 0 Å². The minimum absolute atomic E-state index is 0. The molecule has 1 aromatic rings. The number of amides is 2. The van der Waals surface area contributed by atoms with Crippen molar-refractivity contribution in [2.24, 2.45) is 5.73 Å². The summed E-state index contributed by atoms with van der Waals surface area (Å²) in [7, 11) is 0. The number of nitrogens with two attached hydrogens (primary N) is 1. The Bertz CT molecular complexity index is 588. The van der Waals surface area contributed by atoms with Crippen LogP contribution >= 0.6 is 24.8 Å². The summed E-state index contributed by atoms with van der Waals surface area (Å²) < 4.78 is 0. The first kappa shape index (κ1) is 21.5. The molecule has 9 heteroatoms. The van der Waals surface area contributed by atoms with Gasteiger partial charge in [-0.15, -0.1) is 24.8 Å². The monoisotopic (exact) mass is 389 g/mol. The van der Waals surface area contributed by atoms with Crippen molar-refractivity contribution in [2.45, 2.75) is 25.3 Å². The van der Waals surface area contributed by atoms with Crippen molar-refractivity contribution in [1.82, 2.24) is 15.2 Å². The van der Waals surface area contributed by atoms with E-state index in [2.05, 4.69) is 10.3 Å². The van der Waals surface area contributed by atoms with Gasteiger partial charge in [-0.05, 0) is 31.5 Å². The minimum Gasteiger partial charge on any atom is -0.365 e. The average Bonchev–Trinajstić information content (AvgIpc) is 3.08. The Morgan fingerprint density at radius 3 is 2.56 bits per heavy atom. The van der Waals surface area contributed by atoms with E-state index in [1.807, 2.05) is 9.80 Å². The molecule has 2 aliphatic heterocycles. The Labute approximate surface area is 160 Å². The maximum atomic E-state index is 12.4. The summed E-state index contributed by atoms with van der Waals surface area (Å²) in [6.07, 6.45) is 4.48. The van der Waals surface area contributed by atoms with E-state index in [-0.39, 0.29) is 30.7 Å². The number of hydrogen-bond donors (Lipinski definition) is 2. The van der Waals surface area contributed by atoms with E-state index >= 15 is 0 Å². The SMILES string of the molecule is Cl.Cl.NC(=O)c1cccnc1N1CCN(C(=O)CC2CCCN2)CC1. The summed E-state index contributed by atoms with van der Waals surface area (Å²) in [6.45, 7) is 3.66. The Morgan fingerprint density at radius 2 is 1.96 bits per heavy atom. The van der Waals surface area contributed by atoms with Gasteiger partial charge in [0.05, 0.1) is 5.56 Å². The number of nitrogens with one attached hydrogen (secondary N) is 1. The molecule has 3 heterocycles. The van der Waals surface area contributed by atoms with Gasteiger partial charge in [-0.1, -0.05) is 0 Å². The van der Waals surface area contributed by atoms with E-state index in [0.29, 0.717) is 50.0 Å². The number of carbonyl (C=O) groups excluding carboxylic acids is 2. The van der Waals surface area contributed by atoms with E-state index in [1.165, 1.54) is 0 Å². The van der Waals surface area contributed by atoms with Crippen LogP contribution in [-0.2, 0) is 4.79 Å². The molecule has 1 atom stereocenters. The highest BCUT2D eigenvalue weighted by Gasteiger charge is 2.26. The topological polar surface area (TPSA) is 91.6 Å². The van der Waals surface area contributed by atoms with Crippen LogP contribution in [0.3, 0.4) is 0 Å².